The van der Waals surface area contributed by atoms with Gasteiger partial charge in [-0.2, -0.15) is 0 Å². The summed E-state index contributed by atoms with van der Waals surface area (Å²) in [4.78, 5) is 26.6. The molecule has 1 aliphatic heterocycles. The molecule has 0 fully saturated rings. The number of nitrogens with one attached hydrogen (secondary N) is 1. The van der Waals surface area contributed by atoms with Crippen molar-refractivity contribution in [3.05, 3.63) is 29.5 Å². The van der Waals surface area contributed by atoms with Crippen molar-refractivity contribution in [1.82, 2.24) is 5.32 Å². The van der Waals surface area contributed by atoms with E-state index in [9.17, 15) is 9.59 Å². The maximum Gasteiger partial charge on any atom is 0.336 e. The molecule has 1 aromatic carbocycles. The Balaban J connectivity index is 2.52. The van der Waals surface area contributed by atoms with E-state index in [-0.39, 0.29) is 12.5 Å². The molecule has 7 nitrogen and oxygen atoms in total. The Hall–Kier alpha value is -2.70. The molecule has 0 aromatic heterocycles. The summed E-state index contributed by atoms with van der Waals surface area (Å²) in [5.41, 5.74) is 1.44. The average molecular weight is 348 g/mol. The first-order valence-electron chi connectivity index (χ1n) is 8.25. The van der Waals surface area contributed by atoms with Crippen LogP contribution in [0.15, 0.2) is 29.5 Å². The first-order valence-corrected chi connectivity index (χ1v) is 8.25. The Kier molecular flexibility index (Phi) is 6.27. The number of esters is 1. The van der Waals surface area contributed by atoms with Crippen LogP contribution < -0.4 is 19.7 Å². The normalized spacial score (nSPS) is 14.0. The molecule has 1 aromatic rings. The van der Waals surface area contributed by atoms with Crippen LogP contribution in [0.5, 0.6) is 11.5 Å². The first kappa shape index (κ1) is 18.6. The summed E-state index contributed by atoms with van der Waals surface area (Å²) in [7, 11) is 3.11. The van der Waals surface area contributed by atoms with E-state index in [0.29, 0.717) is 42.3 Å². The molecule has 2 rings (SSSR count). The van der Waals surface area contributed by atoms with Gasteiger partial charge in [-0.15, -0.1) is 0 Å². The minimum Gasteiger partial charge on any atom is -0.493 e. The Morgan fingerprint density at radius 1 is 1.20 bits per heavy atom. The zero-order valence-electron chi connectivity index (χ0n) is 15.0. The van der Waals surface area contributed by atoms with Crippen molar-refractivity contribution in [1.29, 1.82) is 0 Å². The molecular weight excluding hydrogens is 324 g/mol. The molecular formula is C18H24N2O5. The number of methoxy groups -OCH3 is 2. The fraction of sp³-hybridized carbons (Fsp3) is 0.444. The van der Waals surface area contributed by atoms with E-state index >= 15 is 0 Å². The van der Waals surface area contributed by atoms with Crippen LogP contribution in [0, 0.1) is 0 Å². The lowest BCUT2D eigenvalue weighted by atomic mass is 10.0. The highest BCUT2D eigenvalue weighted by molar-refractivity contribution is 6.06. The zero-order chi connectivity index (χ0) is 18.4. The Labute approximate surface area is 147 Å². The summed E-state index contributed by atoms with van der Waals surface area (Å²) in [6.45, 7) is 4.84. The number of rotatable bonds is 7. The van der Waals surface area contributed by atoms with Crippen LogP contribution in [0.1, 0.15) is 20.3 Å². The molecule has 0 saturated heterocycles. The summed E-state index contributed by atoms with van der Waals surface area (Å²) in [5.74, 6) is 0.403. The van der Waals surface area contributed by atoms with Crippen LogP contribution >= 0.6 is 0 Å². The van der Waals surface area contributed by atoms with Crippen molar-refractivity contribution < 1.29 is 23.8 Å². The van der Waals surface area contributed by atoms with Crippen molar-refractivity contribution in [2.45, 2.75) is 20.3 Å². The van der Waals surface area contributed by atoms with Gasteiger partial charge in [0, 0.05) is 24.8 Å². The molecule has 1 aliphatic rings. The molecule has 1 heterocycles. The maximum atomic E-state index is 12.5. The minimum atomic E-state index is -0.453. The van der Waals surface area contributed by atoms with Gasteiger partial charge < -0.3 is 24.4 Å². The lowest BCUT2D eigenvalue weighted by Gasteiger charge is -2.30. The molecule has 0 saturated carbocycles. The molecule has 0 atom stereocenters. The molecule has 0 unspecified atom stereocenters. The molecule has 0 bridgehead atoms. The predicted octanol–water partition coefficient (Wildman–Crippen LogP) is 1.87. The topological polar surface area (TPSA) is 77.1 Å². The largest absolute Gasteiger partial charge is 0.493 e. The van der Waals surface area contributed by atoms with Gasteiger partial charge >= 0.3 is 5.97 Å². The number of hydrogen-bond acceptors (Lipinski definition) is 6. The fourth-order valence-electron chi connectivity index (χ4n) is 2.81. The van der Waals surface area contributed by atoms with Crippen LogP contribution in [0.25, 0.3) is 0 Å². The Morgan fingerprint density at radius 2 is 1.92 bits per heavy atom. The van der Waals surface area contributed by atoms with Gasteiger partial charge in [0.05, 0.1) is 26.4 Å². The van der Waals surface area contributed by atoms with E-state index in [1.807, 2.05) is 13.0 Å². The van der Waals surface area contributed by atoms with Gasteiger partial charge in [0.1, 0.15) is 5.70 Å². The minimum absolute atomic E-state index is 0.264. The van der Waals surface area contributed by atoms with Gasteiger partial charge in [-0.3, -0.25) is 4.79 Å². The number of benzene rings is 1. The zero-order valence-corrected chi connectivity index (χ0v) is 15.0. The van der Waals surface area contributed by atoms with Crippen molar-refractivity contribution in [3.63, 3.8) is 0 Å². The van der Waals surface area contributed by atoms with Crippen LogP contribution in [-0.4, -0.2) is 45.8 Å². The third kappa shape index (κ3) is 3.87. The second-order valence-corrected chi connectivity index (χ2v) is 5.34. The highest BCUT2D eigenvalue weighted by atomic mass is 16.5. The lowest BCUT2D eigenvalue weighted by molar-refractivity contribution is -0.139. The summed E-state index contributed by atoms with van der Waals surface area (Å²) in [6.07, 6.45) is 0.434. The van der Waals surface area contributed by atoms with Crippen LogP contribution in [0.3, 0.4) is 0 Å². The van der Waals surface area contributed by atoms with Gasteiger partial charge in [0.15, 0.2) is 11.5 Å². The number of anilines is 1. The number of hydrogen-bond donors (Lipinski definition) is 1. The van der Waals surface area contributed by atoms with Crippen LogP contribution in [0.2, 0.25) is 0 Å². The van der Waals surface area contributed by atoms with E-state index in [1.54, 1.807) is 38.2 Å². The number of nitrogens with zero attached hydrogens (tertiary/aromatic N) is 1. The van der Waals surface area contributed by atoms with Crippen molar-refractivity contribution >= 4 is 17.6 Å². The summed E-state index contributed by atoms with van der Waals surface area (Å²) < 4.78 is 15.7. The fourth-order valence-corrected chi connectivity index (χ4v) is 2.81. The third-order valence-electron chi connectivity index (χ3n) is 3.95. The van der Waals surface area contributed by atoms with Crippen LogP contribution in [-0.2, 0) is 14.3 Å². The molecule has 25 heavy (non-hydrogen) atoms. The van der Waals surface area contributed by atoms with Gasteiger partial charge in [-0.05, 0) is 32.4 Å². The number of ether oxygens (including phenoxy) is 3. The second-order valence-electron chi connectivity index (χ2n) is 5.34. The highest BCUT2D eigenvalue weighted by Crippen LogP contribution is 2.34. The van der Waals surface area contributed by atoms with Gasteiger partial charge in [-0.25, -0.2) is 4.79 Å². The highest BCUT2D eigenvalue weighted by Gasteiger charge is 2.30. The number of carbonyl (C=O) groups excluding carboxylic acids is 2. The van der Waals surface area contributed by atoms with Gasteiger partial charge in [0.25, 0.3) is 5.91 Å². The third-order valence-corrected chi connectivity index (χ3v) is 3.95. The smallest absolute Gasteiger partial charge is 0.336 e. The van der Waals surface area contributed by atoms with E-state index in [4.69, 9.17) is 14.2 Å². The standard InChI is InChI=1S/C18H24N2O5/c1-5-20(12-7-8-14(23-3)15(11-12)24-4)16-13(18(22)25-6-2)9-10-19-17(16)21/h7-8,11H,5-6,9-10H2,1-4H3,(H,19,21). The SMILES string of the molecule is CCOC(=O)C1=C(N(CC)c2ccc(OC)c(OC)c2)C(=O)NCC1. The van der Waals surface area contributed by atoms with E-state index in [0.717, 1.165) is 5.69 Å². The summed E-state index contributed by atoms with van der Waals surface area (Å²) in [6, 6.07) is 5.37. The van der Waals surface area contributed by atoms with Crippen molar-refractivity contribution in [2.75, 3.05) is 38.8 Å². The number of amides is 1. The monoisotopic (exact) mass is 348 g/mol. The molecule has 7 heteroatoms. The van der Waals surface area contributed by atoms with Gasteiger partial charge in [-0.1, -0.05) is 0 Å². The maximum absolute atomic E-state index is 12.5. The second kappa shape index (κ2) is 8.41. The molecule has 0 aliphatic carbocycles. The molecule has 0 radical (unpaired) electrons. The first-order chi connectivity index (χ1) is 12.1. The van der Waals surface area contributed by atoms with Crippen molar-refractivity contribution in [2.24, 2.45) is 0 Å². The predicted molar refractivity (Wildman–Crippen MR) is 93.9 cm³/mol. The molecule has 1 N–H and O–H groups in total. The Bertz CT molecular complexity index is 684. The van der Waals surface area contributed by atoms with Crippen molar-refractivity contribution in [3.8, 4) is 11.5 Å². The molecule has 1 amide bonds. The number of likely N-dealkylation sites (N-methyl/N-ethyl adjacent to an activating group) is 1. The molecule has 136 valence electrons. The van der Waals surface area contributed by atoms with E-state index < -0.39 is 5.97 Å². The summed E-state index contributed by atoms with van der Waals surface area (Å²) >= 11 is 0. The quantitative estimate of drug-likeness (QED) is 0.758. The number of carbonyl (C=O) groups is 2. The average Bonchev–Trinajstić information content (AvgIpc) is 2.63. The Morgan fingerprint density at radius 3 is 2.52 bits per heavy atom. The lowest BCUT2D eigenvalue weighted by Crippen LogP contribution is -2.41. The van der Waals surface area contributed by atoms with E-state index in [1.165, 1.54) is 0 Å². The molecule has 0 spiro atoms. The van der Waals surface area contributed by atoms with Crippen LogP contribution in [0.4, 0.5) is 5.69 Å². The summed E-state index contributed by atoms with van der Waals surface area (Å²) in [5, 5.41) is 2.79. The van der Waals surface area contributed by atoms with Gasteiger partial charge in [0.2, 0.25) is 0 Å². The van der Waals surface area contributed by atoms with E-state index in [2.05, 4.69) is 5.32 Å².